The molecule has 0 amide bonds. The Hall–Kier alpha value is -1.02. The van der Waals surface area contributed by atoms with Gasteiger partial charge in [0.15, 0.2) is 0 Å². The van der Waals surface area contributed by atoms with Crippen LogP contribution in [-0.4, -0.2) is 19.2 Å². The van der Waals surface area contributed by atoms with Gasteiger partial charge in [-0.2, -0.15) is 0 Å². The SMILES string of the molecule is CCNC(C)CCCOc1ccc(CC)cc1C(C)(C)C. The van der Waals surface area contributed by atoms with E-state index in [0.29, 0.717) is 6.04 Å². The van der Waals surface area contributed by atoms with Crippen molar-refractivity contribution in [3.05, 3.63) is 29.3 Å². The molecule has 120 valence electrons. The van der Waals surface area contributed by atoms with Crippen molar-refractivity contribution in [1.82, 2.24) is 5.32 Å². The third-order valence-electron chi connectivity index (χ3n) is 3.85. The van der Waals surface area contributed by atoms with Gasteiger partial charge in [0.25, 0.3) is 0 Å². The second kappa shape index (κ2) is 8.43. The summed E-state index contributed by atoms with van der Waals surface area (Å²) in [4.78, 5) is 0. The van der Waals surface area contributed by atoms with Gasteiger partial charge < -0.3 is 10.1 Å². The molecule has 0 saturated heterocycles. The third-order valence-corrected chi connectivity index (χ3v) is 3.85. The molecule has 0 fully saturated rings. The molecule has 0 spiro atoms. The van der Waals surface area contributed by atoms with E-state index in [0.717, 1.165) is 38.2 Å². The predicted molar refractivity (Wildman–Crippen MR) is 92.4 cm³/mol. The minimum atomic E-state index is 0.123. The van der Waals surface area contributed by atoms with Crippen LogP contribution in [0.25, 0.3) is 0 Å². The first-order valence-corrected chi connectivity index (χ1v) is 8.38. The van der Waals surface area contributed by atoms with Crippen molar-refractivity contribution in [2.24, 2.45) is 0 Å². The lowest BCUT2D eigenvalue weighted by Gasteiger charge is -2.24. The molecule has 0 aromatic heterocycles. The maximum absolute atomic E-state index is 6.06. The second-order valence-corrected chi connectivity index (χ2v) is 6.88. The first kappa shape index (κ1) is 18.0. The van der Waals surface area contributed by atoms with Gasteiger partial charge in [-0.1, -0.05) is 46.8 Å². The lowest BCUT2D eigenvalue weighted by Crippen LogP contribution is -2.25. The maximum Gasteiger partial charge on any atom is 0.123 e. The fraction of sp³-hybridized carbons (Fsp3) is 0.684. The van der Waals surface area contributed by atoms with E-state index in [-0.39, 0.29) is 5.41 Å². The molecule has 0 aliphatic carbocycles. The summed E-state index contributed by atoms with van der Waals surface area (Å²) >= 11 is 0. The van der Waals surface area contributed by atoms with Crippen LogP contribution in [0.3, 0.4) is 0 Å². The van der Waals surface area contributed by atoms with Gasteiger partial charge in [0.05, 0.1) is 6.61 Å². The largest absolute Gasteiger partial charge is 0.493 e. The summed E-state index contributed by atoms with van der Waals surface area (Å²) in [7, 11) is 0. The van der Waals surface area contributed by atoms with Crippen molar-refractivity contribution in [3.63, 3.8) is 0 Å². The van der Waals surface area contributed by atoms with E-state index in [1.807, 2.05) is 0 Å². The maximum atomic E-state index is 6.06. The average molecular weight is 291 g/mol. The zero-order chi connectivity index (χ0) is 15.9. The molecule has 1 aromatic rings. The van der Waals surface area contributed by atoms with Crippen molar-refractivity contribution in [2.75, 3.05) is 13.2 Å². The highest BCUT2D eigenvalue weighted by Gasteiger charge is 2.19. The Bertz CT molecular complexity index is 420. The highest BCUT2D eigenvalue weighted by molar-refractivity contribution is 5.41. The van der Waals surface area contributed by atoms with E-state index in [4.69, 9.17) is 4.74 Å². The first-order chi connectivity index (χ1) is 9.88. The summed E-state index contributed by atoms with van der Waals surface area (Å²) in [6.07, 6.45) is 3.32. The summed E-state index contributed by atoms with van der Waals surface area (Å²) in [5, 5.41) is 3.44. The number of hydrogen-bond acceptors (Lipinski definition) is 2. The Morgan fingerprint density at radius 1 is 1.19 bits per heavy atom. The number of ether oxygens (including phenoxy) is 1. The number of aryl methyl sites for hydroxylation is 1. The Morgan fingerprint density at radius 3 is 2.48 bits per heavy atom. The molecule has 1 rings (SSSR count). The van der Waals surface area contributed by atoms with E-state index in [2.05, 4.69) is 65.1 Å². The summed E-state index contributed by atoms with van der Waals surface area (Å²) < 4.78 is 6.06. The Labute approximate surface area is 131 Å². The summed E-state index contributed by atoms with van der Waals surface area (Å²) in [6, 6.07) is 7.21. The normalized spacial score (nSPS) is 13.2. The van der Waals surface area contributed by atoms with Crippen LogP contribution < -0.4 is 10.1 Å². The van der Waals surface area contributed by atoms with Gasteiger partial charge in [0.2, 0.25) is 0 Å². The van der Waals surface area contributed by atoms with Crippen molar-refractivity contribution in [2.45, 2.75) is 72.3 Å². The minimum Gasteiger partial charge on any atom is -0.493 e. The molecule has 0 aliphatic heterocycles. The van der Waals surface area contributed by atoms with E-state index < -0.39 is 0 Å². The highest BCUT2D eigenvalue weighted by Crippen LogP contribution is 2.32. The zero-order valence-electron chi connectivity index (χ0n) is 14.8. The van der Waals surface area contributed by atoms with Crippen LogP contribution in [0.2, 0.25) is 0 Å². The molecule has 1 N–H and O–H groups in total. The topological polar surface area (TPSA) is 21.3 Å². The number of hydrogen-bond donors (Lipinski definition) is 1. The van der Waals surface area contributed by atoms with E-state index >= 15 is 0 Å². The zero-order valence-corrected chi connectivity index (χ0v) is 14.8. The summed E-state index contributed by atoms with van der Waals surface area (Å²) in [5.74, 6) is 1.05. The van der Waals surface area contributed by atoms with Crippen LogP contribution in [0.15, 0.2) is 18.2 Å². The van der Waals surface area contributed by atoms with Crippen LogP contribution in [0.5, 0.6) is 5.75 Å². The monoisotopic (exact) mass is 291 g/mol. The molecule has 1 unspecified atom stereocenters. The molecular weight excluding hydrogens is 258 g/mol. The Balaban J connectivity index is 2.62. The fourth-order valence-corrected chi connectivity index (χ4v) is 2.53. The van der Waals surface area contributed by atoms with Gasteiger partial charge in [-0.3, -0.25) is 0 Å². The van der Waals surface area contributed by atoms with Gasteiger partial charge in [-0.25, -0.2) is 0 Å². The van der Waals surface area contributed by atoms with E-state index in [1.165, 1.54) is 11.1 Å². The number of nitrogens with one attached hydrogen (secondary N) is 1. The lowest BCUT2D eigenvalue weighted by atomic mass is 9.85. The fourth-order valence-electron chi connectivity index (χ4n) is 2.53. The van der Waals surface area contributed by atoms with Gasteiger partial charge >= 0.3 is 0 Å². The molecule has 0 radical (unpaired) electrons. The molecule has 1 atom stereocenters. The minimum absolute atomic E-state index is 0.123. The van der Waals surface area contributed by atoms with Crippen molar-refractivity contribution < 1.29 is 4.74 Å². The molecule has 0 aliphatic rings. The summed E-state index contributed by atoms with van der Waals surface area (Å²) in [5.41, 5.74) is 2.83. The summed E-state index contributed by atoms with van der Waals surface area (Å²) in [6.45, 7) is 15.2. The Morgan fingerprint density at radius 2 is 1.90 bits per heavy atom. The number of benzene rings is 1. The third kappa shape index (κ3) is 6.09. The van der Waals surface area contributed by atoms with Gasteiger partial charge in [-0.05, 0) is 55.3 Å². The lowest BCUT2D eigenvalue weighted by molar-refractivity contribution is 0.291. The van der Waals surface area contributed by atoms with Crippen molar-refractivity contribution >= 4 is 0 Å². The second-order valence-electron chi connectivity index (χ2n) is 6.88. The molecule has 1 aromatic carbocycles. The van der Waals surface area contributed by atoms with Gasteiger partial charge in [0.1, 0.15) is 5.75 Å². The van der Waals surface area contributed by atoms with Crippen LogP contribution in [-0.2, 0) is 11.8 Å². The van der Waals surface area contributed by atoms with Crippen LogP contribution in [0.1, 0.15) is 65.5 Å². The van der Waals surface area contributed by atoms with Gasteiger partial charge in [-0.15, -0.1) is 0 Å². The van der Waals surface area contributed by atoms with E-state index in [9.17, 15) is 0 Å². The molecule has 0 heterocycles. The highest BCUT2D eigenvalue weighted by atomic mass is 16.5. The molecular formula is C19H33NO. The Kier molecular flexibility index (Phi) is 7.24. The molecule has 0 saturated carbocycles. The smallest absolute Gasteiger partial charge is 0.123 e. The first-order valence-electron chi connectivity index (χ1n) is 8.38. The van der Waals surface area contributed by atoms with Crippen molar-refractivity contribution in [1.29, 1.82) is 0 Å². The average Bonchev–Trinajstić information content (AvgIpc) is 2.43. The van der Waals surface area contributed by atoms with Crippen molar-refractivity contribution in [3.8, 4) is 5.75 Å². The molecule has 21 heavy (non-hydrogen) atoms. The van der Waals surface area contributed by atoms with Crippen LogP contribution >= 0.6 is 0 Å². The van der Waals surface area contributed by atoms with E-state index in [1.54, 1.807) is 0 Å². The standard InChI is InChI=1S/C19H33NO/c1-7-16-11-12-18(17(14-16)19(4,5)6)21-13-9-10-15(3)20-8-2/h11-12,14-15,20H,7-10,13H2,1-6H3. The molecule has 2 nitrogen and oxygen atoms in total. The number of rotatable bonds is 8. The molecule has 0 bridgehead atoms. The quantitative estimate of drug-likeness (QED) is 0.701. The van der Waals surface area contributed by atoms with Crippen LogP contribution in [0, 0.1) is 0 Å². The van der Waals surface area contributed by atoms with Crippen LogP contribution in [0.4, 0.5) is 0 Å². The molecule has 2 heteroatoms. The van der Waals surface area contributed by atoms with Gasteiger partial charge in [0, 0.05) is 6.04 Å². The predicted octanol–water partition coefficient (Wildman–Crippen LogP) is 4.70.